The van der Waals surface area contributed by atoms with E-state index >= 15 is 0 Å². The van der Waals surface area contributed by atoms with Gasteiger partial charge in [0.25, 0.3) is 0 Å². The van der Waals surface area contributed by atoms with Crippen molar-refractivity contribution in [1.29, 1.82) is 0 Å². The minimum absolute atomic E-state index is 0. The van der Waals surface area contributed by atoms with Gasteiger partial charge in [-0.25, -0.2) is 11.3 Å². The minimum atomic E-state index is -1.01. The molecule has 1 aliphatic rings. The maximum atomic E-state index is 3.36. The summed E-state index contributed by atoms with van der Waals surface area (Å²) in [4.78, 5) is 0. The quantitative estimate of drug-likeness (QED) is 0.514. The molecule has 0 atom stereocenters. The van der Waals surface area contributed by atoms with Crippen LogP contribution in [0, 0.1) is 6.08 Å². The summed E-state index contributed by atoms with van der Waals surface area (Å²) in [6.07, 6.45) is 8.82. The largest absolute Gasteiger partial charge is 0.274 e. The standard InChI is InChI=1S/C8H13Si.2ClH.Zr/c1-9(2,3)8-6-4-5-7-8;;;/h4,6H,5H2,1-3H3;2*1H;/q-1;;;. The average molecular weight is 301 g/mol. The van der Waals surface area contributed by atoms with Crippen LogP contribution in [-0.4, -0.2) is 8.07 Å². The summed E-state index contributed by atoms with van der Waals surface area (Å²) in [6.45, 7) is 7.06. The number of rotatable bonds is 1. The van der Waals surface area contributed by atoms with E-state index in [0.717, 1.165) is 6.42 Å². The third-order valence-corrected chi connectivity index (χ3v) is 3.46. The predicted octanol–water partition coefficient (Wildman–Crippen LogP) is 3.39. The van der Waals surface area contributed by atoms with Gasteiger partial charge in [0.05, 0.1) is 0 Å². The average Bonchev–Trinajstić information content (AvgIpc) is 2.08. The van der Waals surface area contributed by atoms with Crippen molar-refractivity contribution in [3.05, 3.63) is 23.4 Å². The third-order valence-electron chi connectivity index (χ3n) is 1.50. The van der Waals surface area contributed by atoms with Crippen LogP contribution in [0.2, 0.25) is 19.6 Å². The zero-order chi connectivity index (χ0) is 6.91. The number of hydrogen-bond donors (Lipinski definition) is 0. The molecule has 4 heteroatoms. The second-order valence-electron chi connectivity index (χ2n) is 3.45. The Morgan fingerprint density at radius 3 is 1.92 bits per heavy atom. The second kappa shape index (κ2) is 7.55. The molecule has 0 amide bonds. The fourth-order valence-corrected chi connectivity index (χ4v) is 2.17. The first-order chi connectivity index (χ1) is 4.11. The topological polar surface area (TPSA) is 0 Å². The van der Waals surface area contributed by atoms with E-state index in [4.69, 9.17) is 0 Å². The molecule has 0 aliphatic heterocycles. The van der Waals surface area contributed by atoms with Gasteiger partial charge in [0.2, 0.25) is 0 Å². The minimum Gasteiger partial charge on any atom is -0.274 e. The van der Waals surface area contributed by atoms with Gasteiger partial charge in [0, 0.05) is 34.3 Å². The van der Waals surface area contributed by atoms with Gasteiger partial charge in [-0.15, -0.1) is 31.2 Å². The molecule has 0 unspecified atom stereocenters. The van der Waals surface area contributed by atoms with Crippen molar-refractivity contribution >= 4 is 32.9 Å². The summed E-state index contributed by atoms with van der Waals surface area (Å²) in [5.41, 5.74) is 0. The van der Waals surface area contributed by atoms with Crippen molar-refractivity contribution in [3.63, 3.8) is 0 Å². The van der Waals surface area contributed by atoms with Crippen LogP contribution >= 0.6 is 24.8 Å². The van der Waals surface area contributed by atoms with E-state index in [2.05, 4.69) is 37.9 Å². The SMILES string of the molecule is C[Si](C)(C)C1=[C-]CC=C1.Cl.Cl.[Zr]. The van der Waals surface area contributed by atoms with Gasteiger partial charge < -0.3 is 0 Å². The number of halogens is 2. The Kier molecular flexibility index (Phi) is 11.9. The van der Waals surface area contributed by atoms with Gasteiger partial charge in [0.15, 0.2) is 0 Å². The first-order valence-electron chi connectivity index (χ1n) is 3.38. The van der Waals surface area contributed by atoms with E-state index in [-0.39, 0.29) is 51.0 Å². The van der Waals surface area contributed by atoms with E-state index in [1.807, 2.05) is 0 Å². The summed E-state index contributed by atoms with van der Waals surface area (Å²) in [5, 5.41) is 1.49. The van der Waals surface area contributed by atoms with Gasteiger partial charge in [0.1, 0.15) is 0 Å². The zero-order valence-corrected chi connectivity index (χ0v) is 12.8. The van der Waals surface area contributed by atoms with Crippen LogP contribution in [0.3, 0.4) is 0 Å². The summed E-state index contributed by atoms with van der Waals surface area (Å²) in [5.74, 6) is 0. The second-order valence-corrected chi connectivity index (χ2v) is 8.49. The van der Waals surface area contributed by atoms with Crippen LogP contribution in [-0.2, 0) is 26.2 Å². The molecule has 0 radical (unpaired) electrons. The molecule has 0 aromatic heterocycles. The number of allylic oxidation sites excluding steroid dienone is 4. The molecule has 0 aromatic rings. The Bertz CT molecular complexity index is 170. The van der Waals surface area contributed by atoms with Gasteiger partial charge in [-0.05, 0) is 0 Å². The van der Waals surface area contributed by atoms with Crippen LogP contribution in [0.5, 0.6) is 0 Å². The maximum Gasteiger partial charge on any atom is 0.0393 e. The molecule has 0 spiro atoms. The van der Waals surface area contributed by atoms with E-state index < -0.39 is 8.07 Å². The van der Waals surface area contributed by atoms with Crippen LogP contribution in [0.4, 0.5) is 0 Å². The summed E-state index contributed by atoms with van der Waals surface area (Å²) < 4.78 is 0. The van der Waals surface area contributed by atoms with Crippen LogP contribution in [0.1, 0.15) is 6.42 Å². The molecule has 0 aromatic carbocycles. The van der Waals surface area contributed by atoms with Gasteiger partial charge >= 0.3 is 0 Å². The molecular formula is C8H15Cl2SiZr-. The first kappa shape index (κ1) is 18.9. The summed E-state index contributed by atoms with van der Waals surface area (Å²) in [6, 6.07) is 0. The molecule has 0 heterocycles. The normalized spacial score (nSPS) is 13.8. The molecule has 0 saturated heterocycles. The van der Waals surface area contributed by atoms with Crippen molar-refractivity contribution in [2.24, 2.45) is 0 Å². The Morgan fingerprint density at radius 2 is 1.75 bits per heavy atom. The molecule has 0 N–H and O–H groups in total. The molecule has 0 saturated carbocycles. The Morgan fingerprint density at radius 1 is 1.25 bits per heavy atom. The predicted molar refractivity (Wildman–Crippen MR) is 58.4 cm³/mol. The Labute approximate surface area is 108 Å². The van der Waals surface area contributed by atoms with Crippen molar-refractivity contribution in [1.82, 2.24) is 0 Å². The van der Waals surface area contributed by atoms with E-state index in [1.54, 1.807) is 0 Å². The van der Waals surface area contributed by atoms with Gasteiger partial charge in [-0.2, -0.15) is 6.08 Å². The first-order valence-corrected chi connectivity index (χ1v) is 6.88. The smallest absolute Gasteiger partial charge is 0.0393 e. The van der Waals surface area contributed by atoms with Crippen molar-refractivity contribution in [2.75, 3.05) is 0 Å². The Balaban J connectivity index is -0.000000270. The van der Waals surface area contributed by atoms with Crippen molar-refractivity contribution in [2.45, 2.75) is 26.1 Å². The fourth-order valence-electron chi connectivity index (χ4n) is 0.920. The molecule has 1 aliphatic carbocycles. The maximum absolute atomic E-state index is 3.36. The third kappa shape index (κ3) is 5.75. The molecule has 12 heavy (non-hydrogen) atoms. The van der Waals surface area contributed by atoms with Crippen molar-refractivity contribution < 1.29 is 26.2 Å². The van der Waals surface area contributed by atoms with E-state index in [1.165, 1.54) is 5.20 Å². The Hall–Kier alpha value is 1.16. The fraction of sp³-hybridized carbons (Fsp3) is 0.500. The number of hydrogen-bond acceptors (Lipinski definition) is 0. The molecule has 1 rings (SSSR count). The van der Waals surface area contributed by atoms with Gasteiger partial charge in [-0.3, -0.25) is 6.08 Å². The summed E-state index contributed by atoms with van der Waals surface area (Å²) in [7, 11) is -1.01. The molecule has 0 fully saturated rings. The monoisotopic (exact) mass is 299 g/mol. The summed E-state index contributed by atoms with van der Waals surface area (Å²) >= 11 is 0. The van der Waals surface area contributed by atoms with Crippen LogP contribution < -0.4 is 0 Å². The molecule has 70 valence electrons. The molecular weight excluding hydrogens is 286 g/mol. The van der Waals surface area contributed by atoms with E-state index in [9.17, 15) is 0 Å². The van der Waals surface area contributed by atoms with Crippen LogP contribution in [0.15, 0.2) is 17.3 Å². The van der Waals surface area contributed by atoms with Crippen LogP contribution in [0.25, 0.3) is 0 Å². The zero-order valence-electron chi connectivity index (χ0n) is 7.68. The van der Waals surface area contributed by atoms with Gasteiger partial charge in [-0.1, -0.05) is 19.6 Å². The molecule has 0 bridgehead atoms. The molecule has 0 nitrogen and oxygen atoms in total. The van der Waals surface area contributed by atoms with E-state index in [0.29, 0.717) is 0 Å². The van der Waals surface area contributed by atoms with Crippen molar-refractivity contribution in [3.8, 4) is 0 Å².